The van der Waals surface area contributed by atoms with Gasteiger partial charge in [-0.1, -0.05) is 6.07 Å². The van der Waals surface area contributed by atoms with E-state index in [1.54, 1.807) is 18.2 Å². The Morgan fingerprint density at radius 2 is 2.19 bits per heavy atom. The number of hydrogen-bond donors (Lipinski definition) is 0. The van der Waals surface area contributed by atoms with Crippen LogP contribution >= 0.6 is 15.9 Å². The monoisotopic (exact) mass is 282 g/mol. The highest BCUT2D eigenvalue weighted by atomic mass is 79.9. The third-order valence-corrected chi connectivity index (χ3v) is 2.80. The molecule has 0 unspecified atom stereocenters. The molecule has 0 aliphatic carbocycles. The lowest BCUT2D eigenvalue weighted by Crippen LogP contribution is -2.02. The zero-order valence-corrected chi connectivity index (χ0v) is 9.83. The van der Waals surface area contributed by atoms with E-state index in [1.165, 1.54) is 18.6 Å². The standard InChI is InChI=1S/C12H8BrFO2/c13-10-5-8(1-2-11(10)14)6-12(15)9-3-4-16-7-9/h1-5,7H,6H2. The Morgan fingerprint density at radius 3 is 2.81 bits per heavy atom. The Labute approximate surface area is 100 Å². The molecule has 0 aliphatic rings. The molecule has 82 valence electrons. The fraction of sp³-hybridized carbons (Fsp3) is 0.0833. The molecule has 0 fully saturated rings. The van der Waals surface area contributed by atoms with Crippen LogP contribution in [0, 0.1) is 5.82 Å². The van der Waals surface area contributed by atoms with Crippen molar-refractivity contribution < 1.29 is 13.6 Å². The average Bonchev–Trinajstić information content (AvgIpc) is 2.77. The molecule has 2 nitrogen and oxygen atoms in total. The van der Waals surface area contributed by atoms with Crippen LogP contribution < -0.4 is 0 Å². The minimum absolute atomic E-state index is 0.0488. The van der Waals surface area contributed by atoms with Gasteiger partial charge in [-0.05, 0) is 39.7 Å². The first-order valence-corrected chi connectivity index (χ1v) is 5.45. The number of furan rings is 1. The van der Waals surface area contributed by atoms with Gasteiger partial charge in [-0.25, -0.2) is 4.39 Å². The van der Waals surface area contributed by atoms with Crippen molar-refractivity contribution in [3.63, 3.8) is 0 Å². The molecule has 16 heavy (non-hydrogen) atoms. The first-order chi connectivity index (χ1) is 7.66. The molecule has 0 aliphatic heterocycles. The summed E-state index contributed by atoms with van der Waals surface area (Å²) < 4.78 is 18.2. The molecule has 0 bridgehead atoms. The van der Waals surface area contributed by atoms with E-state index in [1.807, 2.05) is 0 Å². The summed E-state index contributed by atoms with van der Waals surface area (Å²) in [6.45, 7) is 0. The van der Waals surface area contributed by atoms with E-state index in [2.05, 4.69) is 15.9 Å². The summed E-state index contributed by atoms with van der Waals surface area (Å²) in [5, 5.41) is 0. The topological polar surface area (TPSA) is 30.2 Å². The van der Waals surface area contributed by atoms with Gasteiger partial charge in [0, 0.05) is 6.42 Å². The Hall–Kier alpha value is -1.42. The molecule has 0 spiro atoms. The largest absolute Gasteiger partial charge is 0.472 e. The molecule has 0 saturated heterocycles. The maximum absolute atomic E-state index is 13.0. The maximum Gasteiger partial charge on any atom is 0.170 e. The third kappa shape index (κ3) is 2.39. The Bertz CT molecular complexity index is 506. The quantitative estimate of drug-likeness (QED) is 0.805. The molecule has 0 saturated carbocycles. The number of halogens is 2. The molecule has 0 radical (unpaired) electrons. The highest BCUT2D eigenvalue weighted by Crippen LogP contribution is 2.18. The van der Waals surface area contributed by atoms with Crippen LogP contribution in [0.15, 0.2) is 45.7 Å². The van der Waals surface area contributed by atoms with E-state index in [-0.39, 0.29) is 18.0 Å². The lowest BCUT2D eigenvalue weighted by atomic mass is 10.1. The summed E-state index contributed by atoms with van der Waals surface area (Å²) in [6, 6.07) is 6.15. The lowest BCUT2D eigenvalue weighted by molar-refractivity contribution is 0.0992. The number of rotatable bonds is 3. The summed E-state index contributed by atoms with van der Waals surface area (Å²) in [5.41, 5.74) is 1.29. The van der Waals surface area contributed by atoms with Crippen LogP contribution in [0.1, 0.15) is 15.9 Å². The van der Waals surface area contributed by atoms with Crippen LogP contribution in [0.5, 0.6) is 0 Å². The van der Waals surface area contributed by atoms with Crippen molar-refractivity contribution in [1.29, 1.82) is 0 Å². The summed E-state index contributed by atoms with van der Waals surface area (Å²) in [4.78, 5) is 11.7. The van der Waals surface area contributed by atoms with Crippen molar-refractivity contribution in [2.24, 2.45) is 0 Å². The second-order valence-corrected chi connectivity index (χ2v) is 4.21. The third-order valence-electron chi connectivity index (χ3n) is 2.19. The number of carbonyl (C=O) groups is 1. The van der Waals surface area contributed by atoms with Gasteiger partial charge in [-0.15, -0.1) is 0 Å². The van der Waals surface area contributed by atoms with Gasteiger partial charge in [0.1, 0.15) is 12.1 Å². The van der Waals surface area contributed by atoms with E-state index >= 15 is 0 Å². The molecule has 1 aromatic carbocycles. The van der Waals surface area contributed by atoms with Crippen LogP contribution in [-0.2, 0) is 6.42 Å². The molecule has 0 atom stereocenters. The molecular formula is C12H8BrFO2. The molecule has 1 heterocycles. The number of carbonyl (C=O) groups excluding carboxylic acids is 1. The number of Topliss-reactive ketones (excluding diaryl/α,β-unsaturated/α-hetero) is 1. The van der Waals surface area contributed by atoms with Gasteiger partial charge in [-0.3, -0.25) is 4.79 Å². The summed E-state index contributed by atoms with van der Waals surface area (Å²) in [7, 11) is 0. The minimum atomic E-state index is -0.334. The molecule has 0 amide bonds. The van der Waals surface area contributed by atoms with E-state index in [9.17, 15) is 9.18 Å². The minimum Gasteiger partial charge on any atom is -0.472 e. The van der Waals surface area contributed by atoms with Gasteiger partial charge < -0.3 is 4.42 Å². The molecule has 0 N–H and O–H groups in total. The van der Waals surface area contributed by atoms with E-state index < -0.39 is 0 Å². The number of hydrogen-bond acceptors (Lipinski definition) is 2. The fourth-order valence-corrected chi connectivity index (χ4v) is 1.79. The van der Waals surface area contributed by atoms with E-state index in [0.29, 0.717) is 10.0 Å². The van der Waals surface area contributed by atoms with Crippen LogP contribution in [-0.4, -0.2) is 5.78 Å². The summed E-state index contributed by atoms with van der Waals surface area (Å²) in [6.07, 6.45) is 3.09. The predicted octanol–water partition coefficient (Wildman–Crippen LogP) is 3.61. The smallest absolute Gasteiger partial charge is 0.170 e. The second-order valence-electron chi connectivity index (χ2n) is 3.36. The van der Waals surface area contributed by atoms with Crippen molar-refractivity contribution in [3.05, 3.63) is 58.2 Å². The first-order valence-electron chi connectivity index (χ1n) is 4.66. The van der Waals surface area contributed by atoms with Crippen molar-refractivity contribution in [2.75, 3.05) is 0 Å². The number of benzene rings is 1. The highest BCUT2D eigenvalue weighted by molar-refractivity contribution is 9.10. The Kier molecular flexibility index (Phi) is 3.19. The van der Waals surface area contributed by atoms with Crippen molar-refractivity contribution in [1.82, 2.24) is 0 Å². The van der Waals surface area contributed by atoms with Gasteiger partial charge >= 0.3 is 0 Å². The fourth-order valence-electron chi connectivity index (χ4n) is 1.36. The van der Waals surface area contributed by atoms with Gasteiger partial charge in [-0.2, -0.15) is 0 Å². The molecule has 4 heteroatoms. The Morgan fingerprint density at radius 1 is 1.38 bits per heavy atom. The van der Waals surface area contributed by atoms with Crippen LogP contribution in [0.2, 0.25) is 0 Å². The van der Waals surface area contributed by atoms with Gasteiger partial charge in [0.05, 0.1) is 16.3 Å². The SMILES string of the molecule is O=C(Cc1ccc(F)c(Br)c1)c1ccoc1. The highest BCUT2D eigenvalue weighted by Gasteiger charge is 2.09. The average molecular weight is 283 g/mol. The molecule has 2 rings (SSSR count). The van der Waals surface area contributed by atoms with Crippen LogP contribution in [0.3, 0.4) is 0 Å². The second kappa shape index (κ2) is 4.61. The van der Waals surface area contributed by atoms with Crippen LogP contribution in [0.25, 0.3) is 0 Å². The van der Waals surface area contributed by atoms with Gasteiger partial charge in [0.15, 0.2) is 5.78 Å². The van der Waals surface area contributed by atoms with Crippen molar-refractivity contribution in [2.45, 2.75) is 6.42 Å². The molecule has 1 aromatic heterocycles. The zero-order chi connectivity index (χ0) is 11.5. The normalized spacial score (nSPS) is 10.4. The van der Waals surface area contributed by atoms with Gasteiger partial charge in [0.25, 0.3) is 0 Å². The predicted molar refractivity (Wildman–Crippen MR) is 60.8 cm³/mol. The summed E-state index contributed by atoms with van der Waals surface area (Å²) >= 11 is 3.08. The summed E-state index contributed by atoms with van der Waals surface area (Å²) in [5.74, 6) is -0.383. The van der Waals surface area contributed by atoms with E-state index in [4.69, 9.17) is 4.42 Å². The van der Waals surface area contributed by atoms with Gasteiger partial charge in [0.2, 0.25) is 0 Å². The number of ketones is 1. The van der Waals surface area contributed by atoms with Crippen molar-refractivity contribution >= 4 is 21.7 Å². The van der Waals surface area contributed by atoms with Crippen molar-refractivity contribution in [3.8, 4) is 0 Å². The maximum atomic E-state index is 13.0. The lowest BCUT2D eigenvalue weighted by Gasteiger charge is -2.00. The first kappa shape index (κ1) is 11.1. The molecule has 2 aromatic rings. The van der Waals surface area contributed by atoms with E-state index in [0.717, 1.165) is 5.56 Å². The molecular weight excluding hydrogens is 275 g/mol. The van der Waals surface area contributed by atoms with Crippen LogP contribution in [0.4, 0.5) is 4.39 Å². The zero-order valence-electron chi connectivity index (χ0n) is 8.24. The Balaban J connectivity index is 2.15.